The molecule has 1 heterocycles. The number of aliphatic carboxylic acids is 1. The van der Waals surface area contributed by atoms with Crippen LogP contribution in [0.25, 0.3) is 0 Å². The van der Waals surface area contributed by atoms with Crippen LogP contribution in [0.3, 0.4) is 0 Å². The number of carbonyl (C=O) groups excluding carboxylic acids is 2. The molecule has 1 aliphatic heterocycles. The van der Waals surface area contributed by atoms with Crippen molar-refractivity contribution in [1.82, 2.24) is 5.01 Å². The molecule has 7 nitrogen and oxygen atoms in total. The number of carboxylic acids is 1. The Morgan fingerprint density at radius 3 is 2.48 bits per heavy atom. The summed E-state index contributed by atoms with van der Waals surface area (Å²) < 4.78 is 11.0. The van der Waals surface area contributed by atoms with Crippen LogP contribution in [0.2, 0.25) is 0 Å². The van der Waals surface area contributed by atoms with Gasteiger partial charge in [0, 0.05) is 24.4 Å². The number of rotatable bonds is 8. The zero-order chi connectivity index (χ0) is 20.8. The monoisotopic (exact) mass is 395 g/mol. The third-order valence-corrected chi connectivity index (χ3v) is 4.84. The van der Waals surface area contributed by atoms with Crippen LogP contribution in [0, 0.1) is 0 Å². The van der Waals surface area contributed by atoms with Crippen molar-refractivity contribution in [3.63, 3.8) is 0 Å². The third-order valence-electron chi connectivity index (χ3n) is 4.84. The molecule has 0 N–H and O–H groups in total. The van der Waals surface area contributed by atoms with Gasteiger partial charge in [-0.15, -0.1) is 0 Å². The molecule has 0 radical (unpaired) electrons. The standard InChI is InChI=1S/C22H24N2O5/c1-28-19-11-6-10-16(22(19)29-2)18-14-17(15-8-4-3-5-9-15)23-24(18)20(25)12-7-13-21(26)27/h3-6,8-11,18H,7,12-14H2,1-2H3,(H,26,27)/p-1/t18-/m1/s1. The summed E-state index contributed by atoms with van der Waals surface area (Å²) in [7, 11) is 3.12. The van der Waals surface area contributed by atoms with Gasteiger partial charge in [0.25, 0.3) is 0 Å². The number of hydrogen-bond acceptors (Lipinski definition) is 6. The molecule has 0 saturated heterocycles. The van der Waals surface area contributed by atoms with Crippen molar-refractivity contribution in [1.29, 1.82) is 0 Å². The van der Waals surface area contributed by atoms with Gasteiger partial charge in [-0.1, -0.05) is 42.5 Å². The maximum Gasteiger partial charge on any atom is 0.243 e. The summed E-state index contributed by atoms with van der Waals surface area (Å²) in [6.07, 6.45) is 0.625. The Balaban J connectivity index is 1.94. The number of hydrogen-bond donors (Lipinski definition) is 0. The van der Waals surface area contributed by atoms with Gasteiger partial charge < -0.3 is 19.4 Å². The highest BCUT2D eigenvalue weighted by Crippen LogP contribution is 2.41. The first-order valence-corrected chi connectivity index (χ1v) is 9.40. The number of methoxy groups -OCH3 is 2. The summed E-state index contributed by atoms with van der Waals surface area (Å²) in [5, 5.41) is 16.7. The number of carboxylic acid groups (broad SMARTS) is 1. The Kier molecular flexibility index (Phi) is 6.49. The molecule has 2 aromatic rings. The van der Waals surface area contributed by atoms with Crippen LogP contribution < -0.4 is 14.6 Å². The van der Waals surface area contributed by atoms with E-state index in [-0.39, 0.29) is 31.2 Å². The molecular formula is C22H23N2O5-. The second-order valence-corrected chi connectivity index (χ2v) is 6.68. The summed E-state index contributed by atoms with van der Waals surface area (Å²) >= 11 is 0. The summed E-state index contributed by atoms with van der Waals surface area (Å²) in [6, 6.07) is 14.8. The van der Waals surface area contributed by atoms with E-state index < -0.39 is 5.97 Å². The van der Waals surface area contributed by atoms with Crippen molar-refractivity contribution < 1.29 is 24.2 Å². The topological polar surface area (TPSA) is 91.3 Å². The average Bonchev–Trinajstić information content (AvgIpc) is 3.18. The van der Waals surface area contributed by atoms with Crippen molar-refractivity contribution >= 4 is 17.6 Å². The minimum absolute atomic E-state index is 0.0718. The minimum atomic E-state index is -1.17. The van der Waals surface area contributed by atoms with Crippen LogP contribution in [0.4, 0.5) is 0 Å². The minimum Gasteiger partial charge on any atom is -0.550 e. The first kappa shape index (κ1) is 20.4. The van der Waals surface area contributed by atoms with E-state index in [1.165, 1.54) is 5.01 Å². The van der Waals surface area contributed by atoms with Gasteiger partial charge in [0.15, 0.2) is 11.5 Å². The molecule has 0 saturated carbocycles. The van der Waals surface area contributed by atoms with Crippen molar-refractivity contribution in [2.24, 2.45) is 5.10 Å². The van der Waals surface area contributed by atoms with Gasteiger partial charge in [0.1, 0.15) is 0 Å². The van der Waals surface area contributed by atoms with E-state index in [0.29, 0.717) is 17.9 Å². The van der Waals surface area contributed by atoms with Crippen LogP contribution in [0.15, 0.2) is 53.6 Å². The predicted molar refractivity (Wildman–Crippen MR) is 106 cm³/mol. The quantitative estimate of drug-likeness (QED) is 0.684. The number of hydrazone groups is 1. The zero-order valence-electron chi connectivity index (χ0n) is 16.5. The van der Waals surface area contributed by atoms with Crippen molar-refractivity contribution in [3.8, 4) is 11.5 Å². The Morgan fingerprint density at radius 1 is 1.07 bits per heavy atom. The number of carbonyl (C=O) groups is 2. The summed E-state index contributed by atoms with van der Waals surface area (Å²) in [6.45, 7) is 0. The molecule has 1 amide bonds. The van der Waals surface area contributed by atoms with Crippen molar-refractivity contribution in [3.05, 3.63) is 59.7 Å². The molecule has 0 unspecified atom stereocenters. The number of amides is 1. The normalized spacial score (nSPS) is 15.7. The van der Waals surface area contributed by atoms with E-state index in [4.69, 9.17) is 9.47 Å². The molecule has 0 bridgehead atoms. The van der Waals surface area contributed by atoms with Crippen molar-refractivity contribution in [2.45, 2.75) is 31.7 Å². The van der Waals surface area contributed by atoms with Crippen LogP contribution in [-0.2, 0) is 9.59 Å². The maximum absolute atomic E-state index is 12.9. The Morgan fingerprint density at radius 2 is 1.83 bits per heavy atom. The fourth-order valence-corrected chi connectivity index (χ4v) is 3.46. The van der Waals surface area contributed by atoms with Crippen LogP contribution in [-0.4, -0.2) is 36.8 Å². The molecule has 29 heavy (non-hydrogen) atoms. The van der Waals surface area contributed by atoms with Gasteiger partial charge in [-0.25, -0.2) is 5.01 Å². The van der Waals surface area contributed by atoms with E-state index in [2.05, 4.69) is 5.10 Å². The highest BCUT2D eigenvalue weighted by Gasteiger charge is 2.35. The van der Waals surface area contributed by atoms with Gasteiger partial charge in [-0.3, -0.25) is 4.79 Å². The Hall–Kier alpha value is -3.35. The van der Waals surface area contributed by atoms with E-state index in [0.717, 1.165) is 16.8 Å². The molecule has 3 rings (SSSR count). The molecule has 0 aliphatic carbocycles. The van der Waals surface area contributed by atoms with Crippen LogP contribution in [0.1, 0.15) is 42.9 Å². The molecule has 1 atom stereocenters. The molecule has 1 aliphatic rings. The molecule has 7 heteroatoms. The smallest absolute Gasteiger partial charge is 0.243 e. The fourth-order valence-electron chi connectivity index (χ4n) is 3.46. The number of nitrogens with zero attached hydrogens (tertiary/aromatic N) is 2. The first-order valence-electron chi connectivity index (χ1n) is 9.40. The number of ether oxygens (including phenoxy) is 2. The lowest BCUT2D eigenvalue weighted by atomic mass is 9.97. The lowest BCUT2D eigenvalue weighted by Gasteiger charge is -2.24. The summed E-state index contributed by atoms with van der Waals surface area (Å²) in [5.74, 6) is -0.287. The number of para-hydroxylation sites is 1. The van der Waals surface area contributed by atoms with Gasteiger partial charge in [0.05, 0.1) is 26.0 Å². The lowest BCUT2D eigenvalue weighted by molar-refractivity contribution is -0.305. The zero-order valence-corrected chi connectivity index (χ0v) is 16.5. The summed E-state index contributed by atoms with van der Waals surface area (Å²) in [5.41, 5.74) is 2.51. The van der Waals surface area contributed by atoms with Gasteiger partial charge in [-0.2, -0.15) is 5.10 Å². The SMILES string of the molecule is COc1cccc([C@H]2CC(c3ccccc3)=NN2C(=O)CCCC(=O)[O-])c1OC. The van der Waals surface area contributed by atoms with Gasteiger partial charge >= 0.3 is 0 Å². The Labute approximate surface area is 169 Å². The third kappa shape index (κ3) is 4.56. The molecule has 0 aromatic heterocycles. The fraction of sp³-hybridized carbons (Fsp3) is 0.318. The second-order valence-electron chi connectivity index (χ2n) is 6.68. The highest BCUT2D eigenvalue weighted by atomic mass is 16.5. The molecule has 2 aromatic carbocycles. The van der Waals surface area contributed by atoms with Crippen LogP contribution >= 0.6 is 0 Å². The van der Waals surface area contributed by atoms with Gasteiger partial charge in [-0.05, 0) is 24.5 Å². The van der Waals surface area contributed by atoms with Crippen LogP contribution in [0.5, 0.6) is 11.5 Å². The molecular weight excluding hydrogens is 372 g/mol. The highest BCUT2D eigenvalue weighted by molar-refractivity contribution is 6.03. The van der Waals surface area contributed by atoms with E-state index in [1.807, 2.05) is 42.5 Å². The molecule has 0 spiro atoms. The van der Waals surface area contributed by atoms with Crippen molar-refractivity contribution in [2.75, 3.05) is 14.2 Å². The largest absolute Gasteiger partial charge is 0.550 e. The Bertz CT molecular complexity index is 911. The summed E-state index contributed by atoms with van der Waals surface area (Å²) in [4.78, 5) is 23.6. The second kappa shape index (κ2) is 9.23. The predicted octanol–water partition coefficient (Wildman–Crippen LogP) is 2.30. The maximum atomic E-state index is 12.9. The molecule has 0 fully saturated rings. The lowest BCUT2D eigenvalue weighted by Crippen LogP contribution is -2.28. The van der Waals surface area contributed by atoms with E-state index >= 15 is 0 Å². The van der Waals surface area contributed by atoms with Gasteiger partial charge in [0.2, 0.25) is 5.91 Å². The first-order chi connectivity index (χ1) is 14.0. The van der Waals surface area contributed by atoms with E-state index in [9.17, 15) is 14.7 Å². The average molecular weight is 395 g/mol. The number of benzene rings is 2. The molecule has 152 valence electrons. The van der Waals surface area contributed by atoms with E-state index in [1.54, 1.807) is 20.3 Å².